The molecule has 5 heteroatoms. The number of aryl methyl sites for hydroxylation is 2. The molecule has 0 atom stereocenters. The van der Waals surface area contributed by atoms with Gasteiger partial charge in [-0.1, -0.05) is 42.0 Å². The minimum atomic E-state index is -3.06. The number of carbonyl (C=O) groups excluding carboxylic acids is 1. The first-order valence-corrected chi connectivity index (χ1v) is 12.0. The fourth-order valence-corrected chi connectivity index (χ4v) is 4.58. The zero-order chi connectivity index (χ0) is 20.1. The zero-order valence-electron chi connectivity index (χ0n) is 16.7. The summed E-state index contributed by atoms with van der Waals surface area (Å²) in [6.07, 6.45) is 5.58. The highest BCUT2D eigenvalue weighted by Gasteiger charge is 2.23. The predicted octanol–water partition coefficient (Wildman–Crippen LogP) is 4.02. The van der Waals surface area contributed by atoms with Crippen LogP contribution in [0.2, 0.25) is 0 Å². The summed E-state index contributed by atoms with van der Waals surface area (Å²) in [6, 6.07) is 15.7. The van der Waals surface area contributed by atoms with Gasteiger partial charge in [-0.25, -0.2) is 8.42 Å². The summed E-state index contributed by atoms with van der Waals surface area (Å²) in [5.74, 6) is 0.721. The number of hydrogen-bond acceptors (Lipinski definition) is 3. The topological polar surface area (TPSA) is 54.5 Å². The fourth-order valence-electron chi connectivity index (χ4n) is 3.78. The van der Waals surface area contributed by atoms with Crippen molar-refractivity contribution in [2.45, 2.75) is 38.4 Å². The van der Waals surface area contributed by atoms with E-state index in [-0.39, 0.29) is 11.7 Å². The second-order valence-corrected chi connectivity index (χ2v) is 10.2. The Bertz CT molecular complexity index is 894. The van der Waals surface area contributed by atoms with Crippen LogP contribution >= 0.6 is 0 Å². The molecule has 1 fully saturated rings. The third kappa shape index (κ3) is 5.93. The van der Waals surface area contributed by atoms with Gasteiger partial charge in [-0.15, -0.1) is 0 Å². The van der Waals surface area contributed by atoms with E-state index in [1.165, 1.54) is 23.8 Å². The van der Waals surface area contributed by atoms with E-state index in [0.29, 0.717) is 17.0 Å². The Hall–Kier alpha value is -2.14. The molecule has 0 bridgehead atoms. The van der Waals surface area contributed by atoms with Crippen molar-refractivity contribution >= 4 is 15.7 Å². The average molecular weight is 400 g/mol. The highest BCUT2D eigenvalue weighted by atomic mass is 32.2. The van der Waals surface area contributed by atoms with Crippen LogP contribution in [0.5, 0.6) is 0 Å². The summed E-state index contributed by atoms with van der Waals surface area (Å²) < 4.78 is 22.8. The molecule has 1 aliphatic rings. The monoisotopic (exact) mass is 399 g/mol. The van der Waals surface area contributed by atoms with E-state index in [1.807, 2.05) is 4.90 Å². The van der Waals surface area contributed by atoms with Gasteiger partial charge in [-0.3, -0.25) is 4.79 Å². The van der Waals surface area contributed by atoms with Gasteiger partial charge < -0.3 is 4.90 Å². The molecule has 0 aromatic heterocycles. The van der Waals surface area contributed by atoms with Gasteiger partial charge in [0.05, 0.1) is 5.75 Å². The van der Waals surface area contributed by atoms with Gasteiger partial charge in [0.15, 0.2) is 9.84 Å². The van der Waals surface area contributed by atoms with Crippen molar-refractivity contribution in [1.29, 1.82) is 0 Å². The standard InChI is InChI=1S/C23H29NO3S/c1-18-3-5-19(6-4-18)7-8-20-13-15-24(16-14-20)23(25)22-11-9-21(10-12-22)17-28(2,26)27/h3-6,9-12,20H,7-8,13-17H2,1-2H3. The van der Waals surface area contributed by atoms with Gasteiger partial charge in [-0.2, -0.15) is 0 Å². The highest BCUT2D eigenvalue weighted by Crippen LogP contribution is 2.24. The number of amides is 1. The minimum absolute atomic E-state index is 0.00779. The summed E-state index contributed by atoms with van der Waals surface area (Å²) in [6.45, 7) is 3.70. The zero-order valence-corrected chi connectivity index (χ0v) is 17.5. The molecule has 0 saturated carbocycles. The molecule has 0 aliphatic carbocycles. The van der Waals surface area contributed by atoms with E-state index in [9.17, 15) is 13.2 Å². The molecule has 1 aliphatic heterocycles. The predicted molar refractivity (Wildman–Crippen MR) is 113 cm³/mol. The summed E-state index contributed by atoms with van der Waals surface area (Å²) in [5.41, 5.74) is 4.03. The Kier molecular flexibility index (Phi) is 6.55. The maximum atomic E-state index is 12.7. The lowest BCUT2D eigenvalue weighted by Crippen LogP contribution is -2.38. The van der Waals surface area contributed by atoms with Crippen molar-refractivity contribution < 1.29 is 13.2 Å². The van der Waals surface area contributed by atoms with Crippen LogP contribution in [0.15, 0.2) is 48.5 Å². The van der Waals surface area contributed by atoms with Crippen LogP contribution in [0.4, 0.5) is 0 Å². The molecule has 0 unspecified atom stereocenters. The SMILES string of the molecule is Cc1ccc(CCC2CCN(C(=O)c3ccc(CS(C)(=O)=O)cc3)CC2)cc1. The highest BCUT2D eigenvalue weighted by molar-refractivity contribution is 7.89. The number of hydrogen-bond donors (Lipinski definition) is 0. The van der Waals surface area contributed by atoms with E-state index < -0.39 is 9.84 Å². The molecule has 2 aromatic rings. The smallest absolute Gasteiger partial charge is 0.253 e. The summed E-state index contributed by atoms with van der Waals surface area (Å²) in [7, 11) is -3.06. The Balaban J connectivity index is 1.48. The lowest BCUT2D eigenvalue weighted by atomic mass is 9.90. The van der Waals surface area contributed by atoms with Gasteiger partial charge in [-0.05, 0) is 61.8 Å². The summed E-state index contributed by atoms with van der Waals surface area (Å²) in [5, 5.41) is 0. The Labute approximate surface area is 168 Å². The van der Waals surface area contributed by atoms with Crippen LogP contribution in [-0.4, -0.2) is 38.6 Å². The molecule has 2 aromatic carbocycles. The van der Waals surface area contributed by atoms with Crippen LogP contribution in [0, 0.1) is 12.8 Å². The fraction of sp³-hybridized carbons (Fsp3) is 0.435. The molecule has 28 heavy (non-hydrogen) atoms. The van der Waals surface area contributed by atoms with E-state index >= 15 is 0 Å². The van der Waals surface area contributed by atoms with Crippen molar-refractivity contribution in [2.24, 2.45) is 5.92 Å². The van der Waals surface area contributed by atoms with E-state index in [4.69, 9.17) is 0 Å². The van der Waals surface area contributed by atoms with Crippen molar-refractivity contribution in [2.75, 3.05) is 19.3 Å². The van der Waals surface area contributed by atoms with E-state index in [2.05, 4.69) is 31.2 Å². The molecule has 0 spiro atoms. The molecular weight excluding hydrogens is 370 g/mol. The quantitative estimate of drug-likeness (QED) is 0.737. The van der Waals surface area contributed by atoms with Crippen LogP contribution in [0.1, 0.15) is 46.3 Å². The number of nitrogens with zero attached hydrogens (tertiary/aromatic N) is 1. The first-order chi connectivity index (χ1) is 13.3. The maximum absolute atomic E-state index is 12.7. The van der Waals surface area contributed by atoms with Crippen molar-refractivity contribution in [1.82, 2.24) is 4.90 Å². The van der Waals surface area contributed by atoms with Gasteiger partial charge in [0.25, 0.3) is 5.91 Å². The summed E-state index contributed by atoms with van der Waals surface area (Å²) in [4.78, 5) is 14.6. The van der Waals surface area contributed by atoms with Crippen molar-refractivity contribution in [3.05, 3.63) is 70.8 Å². The molecule has 4 nitrogen and oxygen atoms in total. The van der Waals surface area contributed by atoms with Gasteiger partial charge in [0.2, 0.25) is 0 Å². The Morgan fingerprint density at radius 2 is 1.54 bits per heavy atom. The van der Waals surface area contributed by atoms with Crippen LogP contribution in [-0.2, 0) is 22.0 Å². The number of piperidine rings is 1. The van der Waals surface area contributed by atoms with Crippen LogP contribution in [0.25, 0.3) is 0 Å². The second kappa shape index (κ2) is 8.91. The van der Waals surface area contributed by atoms with Gasteiger partial charge in [0, 0.05) is 24.9 Å². The Morgan fingerprint density at radius 3 is 2.11 bits per heavy atom. The number of likely N-dealkylation sites (tertiary alicyclic amines) is 1. The maximum Gasteiger partial charge on any atom is 0.253 e. The molecule has 1 saturated heterocycles. The first-order valence-electron chi connectivity index (χ1n) is 9.92. The Morgan fingerprint density at radius 1 is 0.964 bits per heavy atom. The molecule has 1 heterocycles. The molecular formula is C23H29NO3S. The normalized spacial score (nSPS) is 15.6. The number of rotatable bonds is 6. The lowest BCUT2D eigenvalue weighted by Gasteiger charge is -2.32. The van der Waals surface area contributed by atoms with Crippen LogP contribution < -0.4 is 0 Å². The largest absolute Gasteiger partial charge is 0.339 e. The lowest BCUT2D eigenvalue weighted by molar-refractivity contribution is 0.0687. The van der Waals surface area contributed by atoms with Gasteiger partial charge >= 0.3 is 0 Å². The molecule has 0 N–H and O–H groups in total. The molecule has 150 valence electrons. The third-order valence-corrected chi connectivity index (χ3v) is 6.35. The molecule has 1 amide bonds. The van der Waals surface area contributed by atoms with E-state index in [0.717, 1.165) is 32.4 Å². The van der Waals surface area contributed by atoms with E-state index in [1.54, 1.807) is 24.3 Å². The molecule has 3 rings (SSSR count). The van der Waals surface area contributed by atoms with Crippen molar-refractivity contribution in [3.8, 4) is 0 Å². The third-order valence-electron chi connectivity index (χ3n) is 5.49. The minimum Gasteiger partial charge on any atom is -0.339 e. The van der Waals surface area contributed by atoms with Crippen LogP contribution in [0.3, 0.4) is 0 Å². The van der Waals surface area contributed by atoms with Crippen molar-refractivity contribution in [3.63, 3.8) is 0 Å². The average Bonchev–Trinajstić information content (AvgIpc) is 2.67. The number of sulfone groups is 1. The number of benzene rings is 2. The first kappa shape index (κ1) is 20.6. The van der Waals surface area contributed by atoms with Gasteiger partial charge in [0.1, 0.15) is 0 Å². The summed E-state index contributed by atoms with van der Waals surface area (Å²) >= 11 is 0. The molecule has 0 radical (unpaired) electrons. The second-order valence-electron chi connectivity index (χ2n) is 8.03. The number of carbonyl (C=O) groups is 1.